The number of hydrogen-bond donors (Lipinski definition) is 2. The number of amidine groups is 1. The van der Waals surface area contributed by atoms with Crippen molar-refractivity contribution in [2.45, 2.75) is 6.92 Å². The Balaban J connectivity index is 2.47. The van der Waals surface area contributed by atoms with Gasteiger partial charge in [0.05, 0.1) is 11.4 Å². The molecule has 110 valence electrons. The monoisotopic (exact) mass is 291 g/mol. The first-order valence-electron chi connectivity index (χ1n) is 6.38. The van der Waals surface area contributed by atoms with Gasteiger partial charge in [-0.2, -0.15) is 0 Å². The molecule has 0 aliphatic heterocycles. The zero-order valence-electron chi connectivity index (χ0n) is 11.4. The average molecular weight is 291 g/mol. The summed E-state index contributed by atoms with van der Waals surface area (Å²) < 4.78 is 28.1. The molecule has 2 aromatic carbocycles. The van der Waals surface area contributed by atoms with E-state index in [4.69, 9.17) is 10.9 Å². The highest BCUT2D eigenvalue weighted by Crippen LogP contribution is 2.30. The average Bonchev–Trinajstić information content (AvgIpc) is 2.50. The van der Waals surface area contributed by atoms with E-state index < -0.39 is 11.6 Å². The van der Waals surface area contributed by atoms with Gasteiger partial charge in [-0.15, -0.1) is 0 Å². The van der Waals surface area contributed by atoms with E-state index in [1.54, 1.807) is 25.1 Å². The zero-order valence-corrected chi connectivity index (χ0v) is 11.4. The minimum atomic E-state index is -0.579. The van der Waals surface area contributed by atoms with Crippen molar-refractivity contribution in [1.29, 1.82) is 0 Å². The Hall–Kier alpha value is -2.63. The van der Waals surface area contributed by atoms with Gasteiger partial charge < -0.3 is 15.8 Å². The summed E-state index contributed by atoms with van der Waals surface area (Å²) in [5, 5.41) is 11.4. The fraction of sp³-hybridized carbons (Fsp3) is 0.133. The number of anilines is 2. The van der Waals surface area contributed by atoms with Gasteiger partial charge in [0.15, 0.2) is 5.84 Å². The second kappa shape index (κ2) is 6.21. The number of para-hydroxylation sites is 1. The predicted octanol–water partition coefficient (Wildman–Crippen LogP) is 3.22. The molecule has 6 heteroatoms. The molecule has 3 N–H and O–H groups in total. The number of oxime groups is 1. The molecule has 0 aromatic heterocycles. The number of nitrogens with zero attached hydrogens (tertiary/aromatic N) is 2. The second-order valence-corrected chi connectivity index (χ2v) is 4.35. The van der Waals surface area contributed by atoms with Crippen LogP contribution in [0.25, 0.3) is 0 Å². The summed E-state index contributed by atoms with van der Waals surface area (Å²) in [5.41, 5.74) is 6.18. The summed E-state index contributed by atoms with van der Waals surface area (Å²) >= 11 is 0. The van der Waals surface area contributed by atoms with Gasteiger partial charge >= 0.3 is 0 Å². The topological polar surface area (TPSA) is 61.8 Å². The van der Waals surface area contributed by atoms with E-state index in [2.05, 4.69) is 5.16 Å². The van der Waals surface area contributed by atoms with Crippen LogP contribution in [0.3, 0.4) is 0 Å². The van der Waals surface area contributed by atoms with Gasteiger partial charge in [0.25, 0.3) is 0 Å². The minimum absolute atomic E-state index is 0.186. The van der Waals surface area contributed by atoms with Crippen LogP contribution in [0.5, 0.6) is 0 Å². The molecule has 0 heterocycles. The summed E-state index contributed by atoms with van der Waals surface area (Å²) in [5.74, 6) is -1.20. The molecule has 0 aliphatic rings. The van der Waals surface area contributed by atoms with Crippen LogP contribution in [0, 0.1) is 11.6 Å². The molecule has 0 atom stereocenters. The first-order valence-corrected chi connectivity index (χ1v) is 6.38. The summed E-state index contributed by atoms with van der Waals surface area (Å²) in [7, 11) is 0. The largest absolute Gasteiger partial charge is 0.409 e. The van der Waals surface area contributed by atoms with E-state index in [1.165, 1.54) is 23.1 Å². The fourth-order valence-electron chi connectivity index (χ4n) is 2.08. The molecule has 0 spiro atoms. The van der Waals surface area contributed by atoms with E-state index >= 15 is 0 Å². The maximum absolute atomic E-state index is 14.2. The maximum Gasteiger partial charge on any atom is 0.170 e. The van der Waals surface area contributed by atoms with E-state index in [0.29, 0.717) is 6.54 Å². The first kappa shape index (κ1) is 14.8. The highest BCUT2D eigenvalue weighted by atomic mass is 19.1. The van der Waals surface area contributed by atoms with Crippen molar-refractivity contribution < 1.29 is 14.0 Å². The zero-order chi connectivity index (χ0) is 15.4. The summed E-state index contributed by atoms with van der Waals surface area (Å²) in [6, 6.07) is 10.3. The van der Waals surface area contributed by atoms with Crippen molar-refractivity contribution in [2.75, 3.05) is 11.4 Å². The van der Waals surface area contributed by atoms with Gasteiger partial charge in [-0.3, -0.25) is 0 Å². The lowest BCUT2D eigenvalue weighted by Gasteiger charge is -2.24. The summed E-state index contributed by atoms with van der Waals surface area (Å²) in [6.45, 7) is 2.18. The summed E-state index contributed by atoms with van der Waals surface area (Å²) in [6.07, 6.45) is 0. The van der Waals surface area contributed by atoms with Gasteiger partial charge in [0.1, 0.15) is 11.6 Å². The molecular weight excluding hydrogens is 276 g/mol. The lowest BCUT2D eigenvalue weighted by Crippen LogP contribution is -2.20. The number of nitrogens with two attached hydrogens (primary N) is 1. The SMILES string of the molecule is CCN(c1ccccc1F)c1ccc(C(N)=NO)cc1F. The van der Waals surface area contributed by atoms with Gasteiger partial charge in [0, 0.05) is 12.1 Å². The lowest BCUT2D eigenvalue weighted by atomic mass is 10.1. The van der Waals surface area contributed by atoms with Crippen LogP contribution in [-0.2, 0) is 0 Å². The Morgan fingerprint density at radius 1 is 1.14 bits per heavy atom. The third-order valence-electron chi connectivity index (χ3n) is 3.10. The Morgan fingerprint density at radius 3 is 2.38 bits per heavy atom. The molecule has 0 saturated heterocycles. The van der Waals surface area contributed by atoms with Crippen LogP contribution < -0.4 is 10.6 Å². The molecule has 0 fully saturated rings. The standard InChI is InChI=1S/C15H15F2N3O/c1-2-20(13-6-4-3-5-11(13)16)14-8-7-10(9-12(14)17)15(18)19-21/h3-9,21H,2H2,1H3,(H2,18,19). The van der Waals surface area contributed by atoms with E-state index in [1.807, 2.05) is 0 Å². The number of halogens is 2. The maximum atomic E-state index is 14.2. The minimum Gasteiger partial charge on any atom is -0.409 e. The van der Waals surface area contributed by atoms with Crippen molar-refractivity contribution in [2.24, 2.45) is 10.9 Å². The Bertz CT molecular complexity index is 674. The summed E-state index contributed by atoms with van der Waals surface area (Å²) in [4.78, 5) is 1.51. The van der Waals surface area contributed by atoms with E-state index in [0.717, 1.165) is 6.07 Å². The van der Waals surface area contributed by atoms with Gasteiger partial charge in [-0.05, 0) is 37.3 Å². The third-order valence-corrected chi connectivity index (χ3v) is 3.10. The quantitative estimate of drug-likeness (QED) is 0.393. The fourth-order valence-corrected chi connectivity index (χ4v) is 2.08. The van der Waals surface area contributed by atoms with Gasteiger partial charge in [-0.1, -0.05) is 17.3 Å². The molecular formula is C15H15F2N3O. The third kappa shape index (κ3) is 2.94. The van der Waals surface area contributed by atoms with Crippen LogP contribution in [-0.4, -0.2) is 17.6 Å². The van der Waals surface area contributed by atoms with Crippen LogP contribution in [0.2, 0.25) is 0 Å². The molecule has 21 heavy (non-hydrogen) atoms. The van der Waals surface area contributed by atoms with Crippen molar-refractivity contribution in [3.8, 4) is 0 Å². The molecule has 0 saturated carbocycles. The molecule has 4 nitrogen and oxygen atoms in total. The molecule has 2 aromatic rings. The molecule has 0 amide bonds. The molecule has 0 aliphatic carbocycles. The number of rotatable bonds is 4. The molecule has 0 bridgehead atoms. The Labute approximate surface area is 121 Å². The molecule has 0 radical (unpaired) electrons. The Kier molecular flexibility index (Phi) is 4.37. The van der Waals surface area contributed by atoms with Crippen molar-refractivity contribution in [1.82, 2.24) is 0 Å². The van der Waals surface area contributed by atoms with Gasteiger partial charge in [0.2, 0.25) is 0 Å². The van der Waals surface area contributed by atoms with Crippen LogP contribution in [0.1, 0.15) is 12.5 Å². The Morgan fingerprint density at radius 2 is 1.81 bits per heavy atom. The van der Waals surface area contributed by atoms with Crippen molar-refractivity contribution >= 4 is 17.2 Å². The van der Waals surface area contributed by atoms with Crippen molar-refractivity contribution in [3.63, 3.8) is 0 Å². The lowest BCUT2D eigenvalue weighted by molar-refractivity contribution is 0.318. The van der Waals surface area contributed by atoms with Crippen molar-refractivity contribution in [3.05, 3.63) is 59.7 Å². The van der Waals surface area contributed by atoms with E-state index in [9.17, 15) is 8.78 Å². The second-order valence-electron chi connectivity index (χ2n) is 4.35. The molecule has 2 rings (SSSR count). The normalized spacial score (nSPS) is 11.5. The van der Waals surface area contributed by atoms with Crippen LogP contribution in [0.4, 0.5) is 20.2 Å². The number of benzene rings is 2. The first-order chi connectivity index (χ1) is 10.1. The highest BCUT2D eigenvalue weighted by Gasteiger charge is 2.16. The predicted molar refractivity (Wildman–Crippen MR) is 78.0 cm³/mol. The van der Waals surface area contributed by atoms with E-state index in [-0.39, 0.29) is 22.8 Å². The molecule has 0 unspecified atom stereocenters. The van der Waals surface area contributed by atoms with Gasteiger partial charge in [-0.25, -0.2) is 8.78 Å². The van der Waals surface area contributed by atoms with Crippen LogP contribution in [0.15, 0.2) is 47.6 Å². The smallest absolute Gasteiger partial charge is 0.170 e. The highest BCUT2D eigenvalue weighted by molar-refractivity contribution is 5.97. The number of hydrogen-bond acceptors (Lipinski definition) is 3. The van der Waals surface area contributed by atoms with Crippen LogP contribution >= 0.6 is 0 Å².